The Balaban J connectivity index is 2.48. The van der Waals surface area contributed by atoms with E-state index < -0.39 is 5.60 Å². The van der Waals surface area contributed by atoms with Crippen LogP contribution in [0.1, 0.15) is 25.0 Å². The Morgan fingerprint density at radius 3 is 2.41 bits per heavy atom. The third-order valence-electron chi connectivity index (χ3n) is 4.02. The van der Waals surface area contributed by atoms with E-state index in [1.54, 1.807) is 0 Å². The van der Waals surface area contributed by atoms with Crippen LogP contribution >= 0.6 is 11.6 Å². The summed E-state index contributed by atoms with van der Waals surface area (Å²) in [5, 5.41) is 15.1. The fourth-order valence-electron chi connectivity index (χ4n) is 2.92. The van der Waals surface area contributed by atoms with E-state index in [0.717, 1.165) is 29.2 Å². The van der Waals surface area contributed by atoms with Crippen LogP contribution in [0.5, 0.6) is 0 Å². The Morgan fingerprint density at radius 2 is 1.88 bits per heavy atom. The van der Waals surface area contributed by atoms with E-state index >= 15 is 0 Å². The third kappa shape index (κ3) is 2.10. The highest BCUT2D eigenvalue weighted by atomic mass is 35.5. The molecule has 1 heterocycles. The molecule has 2 N–H and O–H groups in total. The topological polar surface area (TPSA) is 32.3 Å². The van der Waals surface area contributed by atoms with Gasteiger partial charge < -0.3 is 10.4 Å². The molecule has 2 rings (SSSR count). The average molecular weight is 254 g/mol. The zero-order valence-electron chi connectivity index (χ0n) is 10.6. The quantitative estimate of drug-likeness (QED) is 0.807. The molecule has 0 aliphatic carbocycles. The van der Waals surface area contributed by atoms with Gasteiger partial charge in [-0.3, -0.25) is 0 Å². The number of halogens is 1. The lowest BCUT2D eigenvalue weighted by molar-refractivity contribution is -0.0811. The van der Waals surface area contributed by atoms with Gasteiger partial charge in [-0.15, -0.1) is 0 Å². The zero-order valence-corrected chi connectivity index (χ0v) is 11.4. The molecule has 1 fully saturated rings. The second-order valence-corrected chi connectivity index (χ2v) is 5.68. The number of hydrogen-bond acceptors (Lipinski definition) is 2. The third-order valence-corrected chi connectivity index (χ3v) is 4.26. The average Bonchev–Trinajstić information content (AvgIpc) is 2.26. The van der Waals surface area contributed by atoms with Crippen LogP contribution < -0.4 is 5.32 Å². The summed E-state index contributed by atoms with van der Waals surface area (Å²) in [5.41, 5.74) is 1.34. The van der Waals surface area contributed by atoms with Gasteiger partial charge in [-0.05, 0) is 30.2 Å². The second kappa shape index (κ2) is 4.60. The van der Waals surface area contributed by atoms with Crippen LogP contribution in [-0.4, -0.2) is 18.2 Å². The van der Waals surface area contributed by atoms with Crippen molar-refractivity contribution in [2.24, 2.45) is 11.8 Å². The molecular weight excluding hydrogens is 234 g/mol. The Morgan fingerprint density at radius 1 is 1.29 bits per heavy atom. The van der Waals surface area contributed by atoms with Gasteiger partial charge in [0, 0.05) is 29.9 Å². The Labute approximate surface area is 108 Å². The Bertz CT molecular complexity index is 409. The molecule has 1 aliphatic heterocycles. The maximum Gasteiger partial charge on any atom is 0.0974 e. The van der Waals surface area contributed by atoms with Crippen molar-refractivity contribution in [1.82, 2.24) is 5.32 Å². The van der Waals surface area contributed by atoms with Crippen molar-refractivity contribution in [3.63, 3.8) is 0 Å². The van der Waals surface area contributed by atoms with Crippen LogP contribution in [0.2, 0.25) is 5.02 Å². The summed E-state index contributed by atoms with van der Waals surface area (Å²) in [6.07, 6.45) is 0. The number of piperidine rings is 1. The largest absolute Gasteiger partial charge is 0.384 e. The lowest BCUT2D eigenvalue weighted by atomic mass is 9.70. The standard InChI is InChI=1S/C14H20ClNO/c1-9-6-12(15)4-5-13(9)14(17)10(2)7-16-8-11(14)3/h4-6,10-11,16-17H,7-8H2,1-3H3/t10-,11+,14-. The van der Waals surface area contributed by atoms with Gasteiger partial charge in [-0.2, -0.15) is 0 Å². The fraction of sp³-hybridized carbons (Fsp3) is 0.571. The summed E-state index contributed by atoms with van der Waals surface area (Å²) in [6, 6.07) is 5.76. The minimum atomic E-state index is -0.750. The molecule has 0 spiro atoms. The number of aryl methyl sites for hydroxylation is 1. The highest BCUT2D eigenvalue weighted by molar-refractivity contribution is 6.30. The van der Waals surface area contributed by atoms with Crippen molar-refractivity contribution < 1.29 is 5.11 Å². The van der Waals surface area contributed by atoms with Crippen molar-refractivity contribution >= 4 is 11.6 Å². The van der Waals surface area contributed by atoms with Crippen LogP contribution in [0.25, 0.3) is 0 Å². The molecule has 0 amide bonds. The summed E-state index contributed by atoms with van der Waals surface area (Å²) >= 11 is 5.98. The molecule has 0 saturated carbocycles. The first kappa shape index (κ1) is 12.9. The molecule has 1 aromatic carbocycles. The SMILES string of the molecule is Cc1cc(Cl)ccc1[C@@]1(O)[C@H](C)CNC[C@@H]1C. The van der Waals surface area contributed by atoms with Crippen molar-refractivity contribution in [3.8, 4) is 0 Å². The molecule has 1 aromatic rings. The summed E-state index contributed by atoms with van der Waals surface area (Å²) in [6.45, 7) is 7.90. The maximum atomic E-state index is 11.1. The van der Waals surface area contributed by atoms with Gasteiger partial charge in [0.2, 0.25) is 0 Å². The van der Waals surface area contributed by atoms with E-state index in [1.807, 2.05) is 25.1 Å². The van der Waals surface area contributed by atoms with Crippen LogP contribution in [0.15, 0.2) is 18.2 Å². The van der Waals surface area contributed by atoms with Crippen LogP contribution in [0, 0.1) is 18.8 Å². The summed E-state index contributed by atoms with van der Waals surface area (Å²) < 4.78 is 0. The lowest BCUT2D eigenvalue weighted by Crippen LogP contribution is -2.53. The molecule has 3 atom stereocenters. The molecule has 1 saturated heterocycles. The molecular formula is C14H20ClNO. The zero-order chi connectivity index (χ0) is 12.6. The number of nitrogens with one attached hydrogen (secondary N) is 1. The van der Waals surface area contributed by atoms with E-state index in [1.165, 1.54) is 0 Å². The summed E-state index contributed by atoms with van der Waals surface area (Å²) in [7, 11) is 0. The Kier molecular flexibility index (Phi) is 3.48. The molecule has 3 heteroatoms. The molecule has 94 valence electrons. The smallest absolute Gasteiger partial charge is 0.0974 e. The van der Waals surface area contributed by atoms with Crippen molar-refractivity contribution in [2.75, 3.05) is 13.1 Å². The van der Waals surface area contributed by atoms with E-state index in [-0.39, 0.29) is 11.8 Å². The molecule has 0 unspecified atom stereocenters. The normalized spacial score (nSPS) is 33.7. The van der Waals surface area contributed by atoms with Crippen molar-refractivity contribution in [2.45, 2.75) is 26.4 Å². The minimum absolute atomic E-state index is 0.200. The predicted molar refractivity (Wildman–Crippen MR) is 71.3 cm³/mol. The van der Waals surface area contributed by atoms with Crippen LogP contribution in [0.4, 0.5) is 0 Å². The predicted octanol–water partition coefficient (Wildman–Crippen LogP) is 2.71. The molecule has 1 aliphatic rings. The van der Waals surface area contributed by atoms with Gasteiger partial charge in [0.1, 0.15) is 0 Å². The first-order chi connectivity index (χ1) is 7.96. The number of rotatable bonds is 1. The monoisotopic (exact) mass is 253 g/mol. The number of hydrogen-bond donors (Lipinski definition) is 2. The van der Waals surface area contributed by atoms with Gasteiger partial charge in [0.05, 0.1) is 5.60 Å². The first-order valence-corrected chi connectivity index (χ1v) is 6.53. The number of benzene rings is 1. The van der Waals surface area contributed by atoms with Crippen molar-refractivity contribution in [1.29, 1.82) is 0 Å². The van der Waals surface area contributed by atoms with Gasteiger partial charge >= 0.3 is 0 Å². The highest BCUT2D eigenvalue weighted by Gasteiger charge is 2.43. The molecule has 17 heavy (non-hydrogen) atoms. The minimum Gasteiger partial charge on any atom is -0.384 e. The molecule has 2 nitrogen and oxygen atoms in total. The van der Waals surface area contributed by atoms with E-state index in [4.69, 9.17) is 11.6 Å². The molecule has 0 radical (unpaired) electrons. The van der Waals surface area contributed by atoms with Crippen molar-refractivity contribution in [3.05, 3.63) is 34.3 Å². The first-order valence-electron chi connectivity index (χ1n) is 6.16. The fourth-order valence-corrected chi connectivity index (χ4v) is 3.15. The van der Waals surface area contributed by atoms with E-state index in [2.05, 4.69) is 19.2 Å². The summed E-state index contributed by atoms with van der Waals surface area (Å²) in [5.74, 6) is 0.400. The van der Waals surface area contributed by atoms with Gasteiger partial charge in [-0.1, -0.05) is 31.5 Å². The van der Waals surface area contributed by atoms with E-state index in [9.17, 15) is 5.11 Å². The van der Waals surface area contributed by atoms with Crippen LogP contribution in [0.3, 0.4) is 0 Å². The van der Waals surface area contributed by atoms with Gasteiger partial charge in [-0.25, -0.2) is 0 Å². The number of aliphatic hydroxyl groups is 1. The highest BCUT2D eigenvalue weighted by Crippen LogP contribution is 2.40. The maximum absolute atomic E-state index is 11.1. The Hall–Kier alpha value is -0.570. The molecule has 0 aromatic heterocycles. The van der Waals surface area contributed by atoms with Crippen LogP contribution in [-0.2, 0) is 5.60 Å². The second-order valence-electron chi connectivity index (χ2n) is 5.24. The van der Waals surface area contributed by atoms with E-state index in [0.29, 0.717) is 0 Å². The van der Waals surface area contributed by atoms with Gasteiger partial charge in [0.15, 0.2) is 0 Å². The summed E-state index contributed by atoms with van der Waals surface area (Å²) in [4.78, 5) is 0. The molecule has 0 bridgehead atoms. The lowest BCUT2D eigenvalue weighted by Gasteiger charge is -2.44. The van der Waals surface area contributed by atoms with Gasteiger partial charge in [0.25, 0.3) is 0 Å².